The van der Waals surface area contributed by atoms with Crippen LogP contribution in [-0.4, -0.2) is 113 Å². The number of cyclic esters (lactones) is 2. The number of aliphatic hydroxyl groups excluding tert-OH is 3. The van der Waals surface area contributed by atoms with Gasteiger partial charge in [-0.2, -0.15) is 0 Å². The number of anilines is 1. The van der Waals surface area contributed by atoms with Crippen LogP contribution in [0.1, 0.15) is 81.4 Å². The number of nitrogens with two attached hydrogens (primary N) is 1. The monoisotopic (exact) mass is 892 g/mol. The molecule has 0 bridgehead atoms. The highest BCUT2D eigenvalue weighted by Crippen LogP contribution is 2.38. The lowest BCUT2D eigenvalue weighted by atomic mass is 9.92. The second-order valence-electron chi connectivity index (χ2n) is 14.7. The number of aliphatic hydroxyl groups is 3. The van der Waals surface area contributed by atoms with Crippen LogP contribution in [0.25, 0.3) is 32.3 Å². The summed E-state index contributed by atoms with van der Waals surface area (Å²) in [6.07, 6.45) is 3.60. The van der Waals surface area contributed by atoms with E-state index in [1.54, 1.807) is 66.7 Å². The molecule has 10 rings (SSSR count). The molecule has 63 heavy (non-hydrogen) atoms. The molecule has 0 saturated carbocycles. The summed E-state index contributed by atoms with van der Waals surface area (Å²) in [7, 11) is 0. The molecule has 0 aromatic heterocycles. The number of amides is 4. The largest absolute Gasteiger partial charge is 0.395 e. The van der Waals surface area contributed by atoms with Gasteiger partial charge in [0.05, 0.1) is 44.0 Å². The third-order valence-electron chi connectivity index (χ3n) is 11.0. The van der Waals surface area contributed by atoms with E-state index < -0.39 is 11.9 Å². The molecule has 4 heterocycles. The van der Waals surface area contributed by atoms with Crippen LogP contribution in [0.3, 0.4) is 0 Å². The molecule has 5 N–H and O–H groups in total. The average Bonchev–Trinajstić information content (AvgIpc) is 3.31. The number of rotatable bonds is 6. The van der Waals surface area contributed by atoms with E-state index in [1.807, 2.05) is 24.3 Å². The fourth-order valence-electron chi connectivity index (χ4n) is 8.16. The lowest BCUT2D eigenvalue weighted by molar-refractivity contribution is 0.0388. The highest BCUT2D eigenvalue weighted by Gasteiger charge is 2.35. The van der Waals surface area contributed by atoms with Gasteiger partial charge in [-0.1, -0.05) is 59.6 Å². The van der Waals surface area contributed by atoms with Crippen molar-refractivity contribution in [3.05, 3.63) is 134 Å². The summed E-state index contributed by atoms with van der Waals surface area (Å²) in [6, 6.07) is 26.2. The van der Waals surface area contributed by atoms with E-state index in [-0.39, 0.29) is 56.5 Å². The number of carbonyl (C=O) groups excluding carboxylic acids is 6. The molecule has 6 aromatic carbocycles. The van der Waals surface area contributed by atoms with Gasteiger partial charge in [-0.3, -0.25) is 29.0 Å². The predicted molar refractivity (Wildman–Crippen MR) is 239 cm³/mol. The minimum atomic E-state index is -0.620. The molecule has 324 valence electrons. The van der Waals surface area contributed by atoms with Crippen molar-refractivity contribution < 1.29 is 48.8 Å². The summed E-state index contributed by atoms with van der Waals surface area (Å²) in [5.74, 6) is -2.65. The molecule has 14 nitrogen and oxygen atoms in total. The average molecular weight is 894 g/mol. The first kappa shape index (κ1) is 44.8. The van der Waals surface area contributed by atoms with Crippen molar-refractivity contribution in [1.29, 1.82) is 0 Å². The Kier molecular flexibility index (Phi) is 13.8. The molecule has 0 unspecified atom stereocenters. The number of piperidine rings is 1. The summed E-state index contributed by atoms with van der Waals surface area (Å²) >= 11 is 12.1. The highest BCUT2D eigenvalue weighted by atomic mass is 35.5. The van der Waals surface area contributed by atoms with E-state index in [0.717, 1.165) is 39.3 Å². The Morgan fingerprint density at radius 3 is 1.35 bits per heavy atom. The van der Waals surface area contributed by atoms with Crippen molar-refractivity contribution >= 4 is 96.8 Å². The van der Waals surface area contributed by atoms with Crippen LogP contribution in [0.4, 0.5) is 5.69 Å². The molecule has 1 saturated heterocycles. The van der Waals surface area contributed by atoms with Crippen LogP contribution < -0.4 is 10.6 Å². The molecule has 4 amide bonds. The fourth-order valence-corrected chi connectivity index (χ4v) is 8.60. The lowest BCUT2D eigenvalue weighted by Gasteiger charge is -2.32. The standard InChI is InChI=1S/C19H20N2O3.C14H10ClNO3.C12H5ClO3.C2H7NO/c22-12-11-21-18(23)14-6-4-5-13-16(20-9-2-1-3-10-20)8-7-15(17(13)14)19(21)24;15-11-5-4-10-12-8(11)2-1-3-9(12)13(18)16(6-7-17)14(10)19;13-9-5-4-8-10-6(9)2-1-3-7(10)11(14)16-12(8)15;3-1-2-4/h4-8,22H,1-3,9-12H2;1-5,17H,6-7H2;1-5H;4H,1-3H2. The second kappa shape index (κ2) is 19.4. The second-order valence-corrected chi connectivity index (χ2v) is 15.5. The van der Waals surface area contributed by atoms with Gasteiger partial charge in [0.15, 0.2) is 0 Å². The van der Waals surface area contributed by atoms with Gasteiger partial charge >= 0.3 is 11.9 Å². The lowest BCUT2D eigenvalue weighted by Crippen LogP contribution is -2.42. The van der Waals surface area contributed by atoms with Gasteiger partial charge in [-0.15, -0.1) is 0 Å². The van der Waals surface area contributed by atoms with Crippen LogP contribution in [0, 0.1) is 0 Å². The van der Waals surface area contributed by atoms with Crippen molar-refractivity contribution in [2.45, 2.75) is 19.3 Å². The Hall–Kier alpha value is -6.26. The molecule has 4 aliphatic rings. The molecule has 0 atom stereocenters. The zero-order valence-electron chi connectivity index (χ0n) is 33.8. The van der Waals surface area contributed by atoms with E-state index in [0.29, 0.717) is 71.5 Å². The Labute approximate surface area is 370 Å². The van der Waals surface area contributed by atoms with Gasteiger partial charge in [0.1, 0.15) is 0 Å². The number of ether oxygens (including phenoxy) is 1. The predicted octanol–water partition coefficient (Wildman–Crippen LogP) is 6.24. The molecule has 0 aliphatic carbocycles. The summed E-state index contributed by atoms with van der Waals surface area (Å²) < 4.78 is 4.62. The van der Waals surface area contributed by atoms with Crippen LogP contribution in [0.2, 0.25) is 10.0 Å². The van der Waals surface area contributed by atoms with E-state index in [2.05, 4.69) is 9.64 Å². The third-order valence-corrected chi connectivity index (χ3v) is 11.7. The van der Waals surface area contributed by atoms with Crippen molar-refractivity contribution in [2.75, 3.05) is 57.4 Å². The van der Waals surface area contributed by atoms with Gasteiger partial charge in [0.25, 0.3) is 23.6 Å². The van der Waals surface area contributed by atoms with Crippen LogP contribution in [-0.2, 0) is 4.74 Å². The third kappa shape index (κ3) is 8.48. The molecular formula is C47H42Cl2N4O10. The van der Waals surface area contributed by atoms with Gasteiger partial charge in [-0.05, 0) is 73.9 Å². The van der Waals surface area contributed by atoms with Crippen LogP contribution in [0.15, 0.2) is 91.0 Å². The minimum Gasteiger partial charge on any atom is -0.395 e. The number of nitrogens with zero attached hydrogens (tertiary/aromatic N) is 3. The zero-order chi connectivity index (χ0) is 44.9. The van der Waals surface area contributed by atoms with Gasteiger partial charge in [-0.25, -0.2) is 9.59 Å². The minimum absolute atomic E-state index is 0.00385. The summed E-state index contributed by atoms with van der Waals surface area (Å²) in [6.45, 7) is 2.04. The number of esters is 2. The number of hydrogen-bond acceptors (Lipinski definition) is 12. The first-order valence-electron chi connectivity index (χ1n) is 20.2. The molecular weight excluding hydrogens is 851 g/mol. The molecule has 4 aliphatic heterocycles. The van der Waals surface area contributed by atoms with Gasteiger partial charge < -0.3 is 30.7 Å². The number of benzene rings is 6. The summed E-state index contributed by atoms with van der Waals surface area (Å²) in [4.78, 5) is 77.4. The van der Waals surface area contributed by atoms with E-state index in [1.165, 1.54) is 19.3 Å². The summed E-state index contributed by atoms with van der Waals surface area (Å²) in [5, 5.41) is 31.2. The smallest absolute Gasteiger partial charge is 0.346 e. The van der Waals surface area contributed by atoms with Gasteiger partial charge in [0.2, 0.25) is 0 Å². The first-order chi connectivity index (χ1) is 30.5. The Balaban J connectivity index is 0.000000138. The maximum atomic E-state index is 12.7. The van der Waals surface area contributed by atoms with Crippen molar-refractivity contribution in [1.82, 2.24) is 9.80 Å². The Morgan fingerprint density at radius 1 is 0.492 bits per heavy atom. The Morgan fingerprint density at radius 2 is 0.873 bits per heavy atom. The zero-order valence-corrected chi connectivity index (χ0v) is 35.3. The van der Waals surface area contributed by atoms with Crippen molar-refractivity contribution in [2.24, 2.45) is 5.73 Å². The first-order valence-corrected chi connectivity index (χ1v) is 21.0. The molecule has 6 aromatic rings. The van der Waals surface area contributed by atoms with Crippen molar-refractivity contribution in [3.63, 3.8) is 0 Å². The normalized spacial score (nSPS) is 15.1. The van der Waals surface area contributed by atoms with Gasteiger partial charge in [0, 0.05) is 89.9 Å². The number of carbonyl (C=O) groups is 6. The molecule has 0 spiro atoms. The Bertz CT molecular complexity index is 2760. The summed E-state index contributed by atoms with van der Waals surface area (Å²) in [5.41, 5.74) is 8.64. The van der Waals surface area contributed by atoms with Crippen LogP contribution in [0.5, 0.6) is 0 Å². The molecule has 16 heteroatoms. The van der Waals surface area contributed by atoms with E-state index in [9.17, 15) is 28.8 Å². The van der Waals surface area contributed by atoms with E-state index in [4.69, 9.17) is 44.3 Å². The van der Waals surface area contributed by atoms with Crippen LogP contribution >= 0.6 is 23.2 Å². The molecule has 1 fully saturated rings. The quantitative estimate of drug-likeness (QED) is 0.0833. The SMILES string of the molecule is NCCO.O=C1OC(=O)c2ccc(Cl)c3cccc1c23.O=C1c2cccc3c(Cl)ccc(c23)C(=O)N1CCO.O=C1c2cccc3c(N4CCCCC4)ccc(c23)C(=O)N1CCO. The molecule has 0 radical (unpaired) electrons. The highest BCUT2D eigenvalue weighted by molar-refractivity contribution is 6.38. The number of β-amino-alcohol motifs (C(OH)–C–C–N with tert-alkyl or cyclic N) is 2. The van der Waals surface area contributed by atoms with E-state index >= 15 is 0 Å². The number of imide groups is 2. The maximum Gasteiger partial charge on any atom is 0.346 e. The fraction of sp³-hybridized carbons (Fsp3) is 0.234. The van der Waals surface area contributed by atoms with Crippen molar-refractivity contribution in [3.8, 4) is 0 Å². The topological polar surface area (TPSA) is 208 Å². The number of halogens is 2. The maximum absolute atomic E-state index is 12.7. The number of hydrogen-bond donors (Lipinski definition) is 4.